The van der Waals surface area contributed by atoms with E-state index in [2.05, 4.69) is 10.2 Å². The number of nitrogens with zero attached hydrogens (tertiary/aromatic N) is 3. The Balaban J connectivity index is 1.86. The molecule has 9 heteroatoms. The van der Waals surface area contributed by atoms with Gasteiger partial charge < -0.3 is 5.11 Å². The van der Waals surface area contributed by atoms with Crippen molar-refractivity contribution in [2.45, 2.75) is 32.2 Å². The molecular formula is C24H20F3N3O2S. The van der Waals surface area contributed by atoms with Gasteiger partial charge in [0.15, 0.2) is 0 Å². The molecule has 2 aromatic heterocycles. The van der Waals surface area contributed by atoms with Gasteiger partial charge in [0.25, 0.3) is 0 Å². The summed E-state index contributed by atoms with van der Waals surface area (Å²) in [4.78, 5) is 16.6. The molecule has 0 amide bonds. The van der Waals surface area contributed by atoms with Crippen LogP contribution < -0.4 is 0 Å². The van der Waals surface area contributed by atoms with Crippen molar-refractivity contribution in [3.05, 3.63) is 87.2 Å². The number of rotatable bonds is 6. The molecule has 0 bridgehead atoms. The zero-order valence-corrected chi connectivity index (χ0v) is 18.6. The monoisotopic (exact) mass is 471 g/mol. The second-order valence-electron chi connectivity index (χ2n) is 8.02. The van der Waals surface area contributed by atoms with Crippen LogP contribution in [0.3, 0.4) is 0 Å². The van der Waals surface area contributed by atoms with Crippen LogP contribution in [0.4, 0.5) is 13.2 Å². The molecule has 0 saturated carbocycles. The smallest absolute Gasteiger partial charge is 0.391 e. The number of hydrogen-bond donors (Lipinski definition) is 1. The summed E-state index contributed by atoms with van der Waals surface area (Å²) < 4.78 is 42.7. The third-order valence-electron chi connectivity index (χ3n) is 5.32. The fraction of sp³-hybridized carbons (Fsp3) is 0.208. The first-order valence-electron chi connectivity index (χ1n) is 10.0. The highest BCUT2D eigenvalue weighted by Crippen LogP contribution is 2.38. The topological polar surface area (TPSA) is 67.5 Å². The first-order chi connectivity index (χ1) is 15.6. The van der Waals surface area contributed by atoms with Crippen LogP contribution in [0.1, 0.15) is 30.0 Å². The molecule has 5 nitrogen and oxygen atoms in total. The highest BCUT2D eigenvalue weighted by molar-refractivity contribution is 7.10. The van der Waals surface area contributed by atoms with Gasteiger partial charge in [-0.05, 0) is 54.6 Å². The Bertz CT molecular complexity index is 1290. The van der Waals surface area contributed by atoms with Crippen molar-refractivity contribution < 1.29 is 18.3 Å². The summed E-state index contributed by atoms with van der Waals surface area (Å²) in [5.74, 6) is 0.0699. The number of alkyl halides is 3. The van der Waals surface area contributed by atoms with Gasteiger partial charge in [-0.2, -0.15) is 13.2 Å². The van der Waals surface area contributed by atoms with E-state index in [0.717, 1.165) is 22.1 Å². The van der Waals surface area contributed by atoms with E-state index in [1.165, 1.54) is 29.5 Å². The first kappa shape index (κ1) is 22.9. The summed E-state index contributed by atoms with van der Waals surface area (Å²) in [6.07, 6.45) is -3.02. The highest BCUT2D eigenvalue weighted by atomic mass is 32.1. The van der Waals surface area contributed by atoms with Gasteiger partial charge in [-0.3, -0.25) is 4.57 Å². The summed E-state index contributed by atoms with van der Waals surface area (Å²) in [6.45, 7) is 3.08. The molecule has 2 heterocycles. The molecule has 1 N–H and O–H groups in total. The molecule has 33 heavy (non-hydrogen) atoms. The number of imidazole rings is 1. The summed E-state index contributed by atoms with van der Waals surface area (Å²) in [5.41, 5.74) is 0.574. The van der Waals surface area contributed by atoms with E-state index in [9.17, 15) is 23.2 Å². The second-order valence-corrected chi connectivity index (χ2v) is 9.02. The van der Waals surface area contributed by atoms with E-state index in [4.69, 9.17) is 0 Å². The molecule has 0 spiro atoms. The predicted molar refractivity (Wildman–Crippen MR) is 122 cm³/mol. The molecule has 170 valence electrons. The van der Waals surface area contributed by atoms with Crippen molar-refractivity contribution in [2.75, 3.05) is 0 Å². The first-order valence-corrected chi connectivity index (χ1v) is 10.9. The zero-order valence-electron chi connectivity index (χ0n) is 17.8. The van der Waals surface area contributed by atoms with E-state index in [0.29, 0.717) is 5.69 Å². The van der Waals surface area contributed by atoms with Gasteiger partial charge >= 0.3 is 6.18 Å². The van der Waals surface area contributed by atoms with Gasteiger partial charge in [0.2, 0.25) is 0 Å². The second kappa shape index (κ2) is 8.57. The Labute approximate surface area is 192 Å². The molecule has 2 aromatic carbocycles. The standard InChI is InChI=1S/C24H20F3N3O2S/c1-23(2,29-32)21-12-30(22(28-21)19-5-3-4-6-20(19)24(25,26)27)17-9-7-15(8-10-17)16-11-18(13-31)33-14-16/h3-12,14,31H,13H2,1-2H3. The molecule has 4 rings (SSSR count). The van der Waals surface area contributed by atoms with Crippen molar-refractivity contribution in [2.24, 2.45) is 5.18 Å². The van der Waals surface area contributed by atoms with Crippen LogP contribution in [-0.4, -0.2) is 14.7 Å². The summed E-state index contributed by atoms with van der Waals surface area (Å²) >= 11 is 1.45. The fourth-order valence-corrected chi connectivity index (χ4v) is 4.22. The Morgan fingerprint density at radius 1 is 1.06 bits per heavy atom. The third-order valence-corrected chi connectivity index (χ3v) is 6.24. The molecule has 0 saturated heterocycles. The number of thiophene rings is 1. The summed E-state index contributed by atoms with van der Waals surface area (Å²) in [7, 11) is 0. The molecular weight excluding hydrogens is 451 g/mol. The number of aliphatic hydroxyl groups is 1. The van der Waals surface area contributed by atoms with E-state index in [1.807, 2.05) is 23.6 Å². The van der Waals surface area contributed by atoms with Crippen LogP contribution in [0, 0.1) is 4.91 Å². The molecule has 0 aliphatic carbocycles. The Hall–Kier alpha value is -3.30. The number of hydrogen-bond acceptors (Lipinski definition) is 5. The van der Waals surface area contributed by atoms with E-state index >= 15 is 0 Å². The molecule has 0 aliphatic heterocycles. The summed E-state index contributed by atoms with van der Waals surface area (Å²) in [5, 5.41) is 14.3. The number of halogens is 3. The lowest BCUT2D eigenvalue weighted by atomic mass is 10.0. The number of nitroso groups, excluding NO2 is 1. The van der Waals surface area contributed by atoms with Crippen molar-refractivity contribution >= 4 is 11.3 Å². The van der Waals surface area contributed by atoms with Crippen LogP contribution in [0.2, 0.25) is 0 Å². The lowest BCUT2D eigenvalue weighted by molar-refractivity contribution is -0.137. The van der Waals surface area contributed by atoms with Gasteiger partial charge in [-0.1, -0.05) is 35.5 Å². The van der Waals surface area contributed by atoms with Crippen LogP contribution in [0.25, 0.3) is 28.2 Å². The maximum absolute atomic E-state index is 13.7. The normalized spacial score (nSPS) is 12.2. The Morgan fingerprint density at radius 3 is 2.36 bits per heavy atom. The average Bonchev–Trinajstić information content (AvgIpc) is 3.46. The quantitative estimate of drug-likeness (QED) is 0.315. The van der Waals surface area contributed by atoms with Gasteiger partial charge in [-0.15, -0.1) is 16.2 Å². The van der Waals surface area contributed by atoms with Crippen LogP contribution in [-0.2, 0) is 18.3 Å². The molecule has 0 fully saturated rings. The van der Waals surface area contributed by atoms with Gasteiger partial charge in [0, 0.05) is 22.3 Å². The predicted octanol–water partition coefficient (Wildman–Crippen LogP) is 6.78. The maximum atomic E-state index is 13.7. The van der Waals surface area contributed by atoms with E-state index < -0.39 is 17.3 Å². The number of benzene rings is 2. The van der Waals surface area contributed by atoms with Crippen molar-refractivity contribution in [1.29, 1.82) is 0 Å². The molecule has 0 aliphatic rings. The van der Waals surface area contributed by atoms with Crippen LogP contribution in [0.15, 0.2) is 71.4 Å². The summed E-state index contributed by atoms with van der Waals surface area (Å²) in [6, 6.07) is 14.4. The van der Waals surface area contributed by atoms with Crippen LogP contribution >= 0.6 is 11.3 Å². The highest BCUT2D eigenvalue weighted by Gasteiger charge is 2.35. The molecule has 0 radical (unpaired) electrons. The lowest BCUT2D eigenvalue weighted by Crippen LogP contribution is -2.13. The zero-order chi connectivity index (χ0) is 23.8. The minimum atomic E-state index is -4.57. The van der Waals surface area contributed by atoms with Gasteiger partial charge in [0.05, 0.1) is 17.9 Å². The van der Waals surface area contributed by atoms with Crippen molar-refractivity contribution in [1.82, 2.24) is 9.55 Å². The number of aromatic nitrogens is 2. The third kappa shape index (κ3) is 4.46. The SMILES string of the molecule is CC(C)(N=O)c1cn(-c2ccc(-c3csc(CO)c3)cc2)c(-c2ccccc2C(F)(F)F)n1. The lowest BCUT2D eigenvalue weighted by Gasteiger charge is -2.14. The number of aliphatic hydroxyl groups excluding tert-OH is 1. The van der Waals surface area contributed by atoms with Crippen molar-refractivity contribution in [3.8, 4) is 28.2 Å². The van der Waals surface area contributed by atoms with Gasteiger partial charge in [0.1, 0.15) is 11.4 Å². The van der Waals surface area contributed by atoms with E-state index in [-0.39, 0.29) is 23.7 Å². The fourth-order valence-electron chi connectivity index (χ4n) is 3.46. The Morgan fingerprint density at radius 2 is 1.76 bits per heavy atom. The largest absolute Gasteiger partial charge is 0.417 e. The van der Waals surface area contributed by atoms with Crippen LogP contribution in [0.5, 0.6) is 0 Å². The van der Waals surface area contributed by atoms with Gasteiger partial charge in [-0.25, -0.2) is 4.98 Å². The molecule has 4 aromatic rings. The average molecular weight is 472 g/mol. The molecule has 0 unspecified atom stereocenters. The minimum Gasteiger partial charge on any atom is -0.391 e. The maximum Gasteiger partial charge on any atom is 0.417 e. The van der Waals surface area contributed by atoms with E-state index in [1.54, 1.807) is 36.7 Å². The van der Waals surface area contributed by atoms with Crippen molar-refractivity contribution in [3.63, 3.8) is 0 Å². The Kier molecular flexibility index (Phi) is 5.94. The molecule has 0 atom stereocenters. The minimum absolute atomic E-state index is 0.0386.